The fourth-order valence-corrected chi connectivity index (χ4v) is 3.43. The zero-order valence-electron chi connectivity index (χ0n) is 15.5. The molecule has 0 saturated carbocycles. The van der Waals surface area contributed by atoms with E-state index < -0.39 is 5.92 Å². The number of nitrogens with zero attached hydrogens (tertiary/aromatic N) is 2. The number of Topliss-reactive ketones (excluding diaryl/α,β-unsaturated/α-hetero) is 1. The second-order valence-electron chi connectivity index (χ2n) is 7.00. The molecule has 0 bridgehead atoms. The molecular weight excluding hydrogens is 308 g/mol. The molecule has 2 rings (SSSR count). The summed E-state index contributed by atoms with van der Waals surface area (Å²) in [5.41, 5.74) is 1.78. The van der Waals surface area contributed by atoms with Crippen LogP contribution in [0.2, 0.25) is 0 Å². The summed E-state index contributed by atoms with van der Waals surface area (Å²) in [6, 6.07) is 13.1. The molecule has 3 heteroatoms. The van der Waals surface area contributed by atoms with E-state index in [2.05, 4.69) is 62.6 Å². The molecule has 0 saturated heterocycles. The van der Waals surface area contributed by atoms with E-state index in [0.29, 0.717) is 17.7 Å². The third-order valence-corrected chi connectivity index (χ3v) is 4.67. The molecule has 25 heavy (non-hydrogen) atoms. The fraction of sp³-hybridized carbons (Fsp3) is 0.455. The highest BCUT2D eigenvalue weighted by molar-refractivity contribution is 6.10. The van der Waals surface area contributed by atoms with Gasteiger partial charge in [0.1, 0.15) is 5.92 Å². The standard InChI is InChI=1S/C22H26N2O/c1-16(2)24(17(3)4)13-12-20(19-8-6-5-7-9-19)21-14-18(15-23)10-11-22(21)25/h5-9,14,16-18,20H,12-13H2,1-4H3. The van der Waals surface area contributed by atoms with Crippen LogP contribution in [0, 0.1) is 29.1 Å². The van der Waals surface area contributed by atoms with Gasteiger partial charge in [0.25, 0.3) is 0 Å². The highest BCUT2D eigenvalue weighted by Crippen LogP contribution is 2.31. The molecule has 2 unspecified atom stereocenters. The Morgan fingerprint density at radius 2 is 1.80 bits per heavy atom. The molecule has 1 aliphatic rings. The molecule has 0 amide bonds. The van der Waals surface area contributed by atoms with Crippen LogP contribution in [0.3, 0.4) is 0 Å². The molecule has 3 nitrogen and oxygen atoms in total. The predicted octanol–water partition coefficient (Wildman–Crippen LogP) is 3.93. The first kappa shape index (κ1) is 19.0. The number of hydrogen-bond acceptors (Lipinski definition) is 3. The summed E-state index contributed by atoms with van der Waals surface area (Å²) in [5.74, 6) is 4.66. The molecular formula is C22H26N2O. The summed E-state index contributed by atoms with van der Waals surface area (Å²) in [6.45, 7) is 9.67. The van der Waals surface area contributed by atoms with Crippen molar-refractivity contribution in [2.75, 3.05) is 6.54 Å². The Morgan fingerprint density at radius 3 is 2.36 bits per heavy atom. The van der Waals surface area contributed by atoms with Crippen LogP contribution in [0.15, 0.2) is 42.0 Å². The van der Waals surface area contributed by atoms with Gasteiger partial charge in [-0.1, -0.05) is 36.3 Å². The maximum Gasteiger partial charge on any atom is 0.232 e. The summed E-state index contributed by atoms with van der Waals surface area (Å²) in [5, 5.41) is 9.19. The number of rotatable bonds is 7. The van der Waals surface area contributed by atoms with Crippen molar-refractivity contribution in [3.05, 3.63) is 47.5 Å². The molecule has 2 atom stereocenters. The molecule has 1 aliphatic carbocycles. The van der Waals surface area contributed by atoms with Gasteiger partial charge in [0.2, 0.25) is 5.78 Å². The SMILES string of the molecule is CC(C)N(CCC(C1=CC(C#N)C#CC1=O)c1ccccc1)C(C)C. The normalized spacial score (nSPS) is 17.9. The fourth-order valence-electron chi connectivity index (χ4n) is 3.43. The average molecular weight is 334 g/mol. The van der Waals surface area contributed by atoms with Crippen molar-refractivity contribution < 1.29 is 4.79 Å². The Morgan fingerprint density at radius 1 is 1.16 bits per heavy atom. The second kappa shape index (κ2) is 8.65. The lowest BCUT2D eigenvalue weighted by atomic mass is 9.82. The van der Waals surface area contributed by atoms with Crippen molar-refractivity contribution in [1.82, 2.24) is 4.90 Å². The van der Waals surface area contributed by atoms with Crippen LogP contribution in [-0.2, 0) is 4.79 Å². The Bertz CT molecular complexity index is 721. The molecule has 1 aromatic carbocycles. The van der Waals surface area contributed by atoms with E-state index in [1.807, 2.05) is 18.2 Å². The van der Waals surface area contributed by atoms with E-state index >= 15 is 0 Å². The lowest BCUT2D eigenvalue weighted by Crippen LogP contribution is -2.38. The molecule has 0 radical (unpaired) electrons. The van der Waals surface area contributed by atoms with Crippen molar-refractivity contribution in [3.63, 3.8) is 0 Å². The lowest BCUT2D eigenvalue weighted by molar-refractivity contribution is -0.111. The van der Waals surface area contributed by atoms with Crippen LogP contribution in [0.25, 0.3) is 0 Å². The molecule has 0 aromatic heterocycles. The lowest BCUT2D eigenvalue weighted by Gasteiger charge is -2.32. The van der Waals surface area contributed by atoms with Crippen LogP contribution in [0.1, 0.15) is 45.6 Å². The van der Waals surface area contributed by atoms with Gasteiger partial charge in [0.15, 0.2) is 0 Å². The number of hydrogen-bond donors (Lipinski definition) is 0. The van der Waals surface area contributed by atoms with Gasteiger partial charge in [-0.25, -0.2) is 0 Å². The minimum absolute atomic E-state index is 0.0286. The molecule has 0 aliphatic heterocycles. The van der Waals surface area contributed by atoms with Crippen LogP contribution in [-0.4, -0.2) is 29.3 Å². The summed E-state index contributed by atoms with van der Waals surface area (Å²) < 4.78 is 0. The van der Waals surface area contributed by atoms with Gasteiger partial charge >= 0.3 is 0 Å². The van der Waals surface area contributed by atoms with E-state index in [1.54, 1.807) is 6.08 Å². The average Bonchev–Trinajstić information content (AvgIpc) is 2.59. The van der Waals surface area contributed by atoms with Gasteiger partial charge in [-0.2, -0.15) is 5.26 Å². The Kier molecular flexibility index (Phi) is 6.57. The zero-order chi connectivity index (χ0) is 18.4. The van der Waals surface area contributed by atoms with Crippen molar-refractivity contribution in [2.24, 2.45) is 5.92 Å². The Hall–Kier alpha value is -2.36. The number of nitriles is 1. The molecule has 130 valence electrons. The van der Waals surface area contributed by atoms with E-state index in [1.165, 1.54) is 0 Å². The van der Waals surface area contributed by atoms with Crippen LogP contribution >= 0.6 is 0 Å². The van der Waals surface area contributed by atoms with E-state index in [9.17, 15) is 10.1 Å². The minimum Gasteiger partial charge on any atom is -0.299 e. The number of carbonyl (C=O) groups is 1. The van der Waals surface area contributed by atoms with Crippen LogP contribution in [0.5, 0.6) is 0 Å². The number of benzene rings is 1. The summed E-state index contributed by atoms with van der Waals surface area (Å²) in [4.78, 5) is 14.8. The third-order valence-electron chi connectivity index (χ3n) is 4.67. The highest BCUT2D eigenvalue weighted by Gasteiger charge is 2.26. The third kappa shape index (κ3) is 4.81. The molecule has 1 aromatic rings. The summed E-state index contributed by atoms with van der Waals surface area (Å²) in [6.07, 6.45) is 2.59. The second-order valence-corrected chi connectivity index (χ2v) is 7.00. The van der Waals surface area contributed by atoms with Crippen molar-refractivity contribution in [3.8, 4) is 17.9 Å². The van der Waals surface area contributed by atoms with Gasteiger partial charge in [-0.15, -0.1) is 0 Å². The number of allylic oxidation sites excluding steroid dienone is 2. The predicted molar refractivity (Wildman–Crippen MR) is 101 cm³/mol. The van der Waals surface area contributed by atoms with Crippen LogP contribution in [0.4, 0.5) is 0 Å². The highest BCUT2D eigenvalue weighted by atomic mass is 16.1. The Balaban J connectivity index is 2.31. The monoisotopic (exact) mass is 334 g/mol. The largest absolute Gasteiger partial charge is 0.299 e. The van der Waals surface area contributed by atoms with Gasteiger partial charge in [-0.05, 0) is 58.2 Å². The quantitative estimate of drug-likeness (QED) is 0.560. The van der Waals surface area contributed by atoms with E-state index in [-0.39, 0.29) is 11.7 Å². The van der Waals surface area contributed by atoms with E-state index in [4.69, 9.17) is 0 Å². The minimum atomic E-state index is -0.495. The molecule has 0 spiro atoms. The molecule has 0 heterocycles. The van der Waals surface area contributed by atoms with Crippen molar-refractivity contribution in [2.45, 2.75) is 52.1 Å². The molecule has 0 fully saturated rings. The van der Waals surface area contributed by atoms with E-state index in [0.717, 1.165) is 18.5 Å². The summed E-state index contributed by atoms with van der Waals surface area (Å²) >= 11 is 0. The number of carbonyl (C=O) groups excluding carboxylic acids is 1. The maximum absolute atomic E-state index is 12.4. The Labute approximate surface area is 151 Å². The zero-order valence-corrected chi connectivity index (χ0v) is 15.5. The van der Waals surface area contributed by atoms with Gasteiger partial charge in [-0.3, -0.25) is 9.69 Å². The van der Waals surface area contributed by atoms with Gasteiger partial charge in [0.05, 0.1) is 6.07 Å². The summed E-state index contributed by atoms with van der Waals surface area (Å²) in [7, 11) is 0. The van der Waals surface area contributed by atoms with Gasteiger partial charge in [0, 0.05) is 23.6 Å². The topological polar surface area (TPSA) is 44.1 Å². The first-order valence-electron chi connectivity index (χ1n) is 8.92. The van der Waals surface area contributed by atoms with Crippen LogP contribution < -0.4 is 0 Å². The first-order valence-corrected chi connectivity index (χ1v) is 8.92. The van der Waals surface area contributed by atoms with Gasteiger partial charge < -0.3 is 0 Å². The smallest absolute Gasteiger partial charge is 0.232 e. The number of ketones is 1. The van der Waals surface area contributed by atoms with Crippen molar-refractivity contribution in [1.29, 1.82) is 5.26 Å². The first-order chi connectivity index (χ1) is 11.9. The maximum atomic E-state index is 12.4. The molecule has 0 N–H and O–H groups in total. The van der Waals surface area contributed by atoms with Crippen molar-refractivity contribution >= 4 is 5.78 Å².